The number of carbonyl (C=O) groups is 6. The number of nitrogens with zero attached hydrogens (tertiary/aromatic N) is 3. The zero-order valence-corrected chi connectivity index (χ0v) is 28.6. The normalized spacial score (nSPS) is 26.5. The number of benzene rings is 2. The quantitative estimate of drug-likeness (QED) is 0.157. The molecular weight excluding hydrogens is 686 g/mol. The van der Waals surface area contributed by atoms with E-state index in [0.29, 0.717) is 43.1 Å². The summed E-state index contributed by atoms with van der Waals surface area (Å²) in [5.41, 5.74) is 7.29. The average molecular weight is 724 g/mol. The number of aromatic hydroxyl groups is 1. The number of nitrogen functional groups attached to an aromatic ring is 1. The number of carbonyl (C=O) groups excluding carboxylic acids is 6. The summed E-state index contributed by atoms with van der Waals surface area (Å²) in [6.07, 6.45) is 3.54. The Labute approximate surface area is 302 Å². The number of rotatable bonds is 13. The molecular formula is C37H37N7O9. The van der Waals surface area contributed by atoms with Gasteiger partial charge in [-0.1, -0.05) is 12.1 Å². The molecule has 16 heteroatoms. The molecule has 9 rings (SSSR count). The van der Waals surface area contributed by atoms with Crippen molar-refractivity contribution < 1.29 is 43.3 Å². The van der Waals surface area contributed by atoms with E-state index in [0.717, 1.165) is 24.2 Å². The lowest BCUT2D eigenvalue weighted by Crippen LogP contribution is -2.67. The van der Waals surface area contributed by atoms with Gasteiger partial charge < -0.3 is 30.9 Å². The lowest BCUT2D eigenvalue weighted by molar-refractivity contribution is -0.215. The SMILES string of the molecule is Nc1nnc(-c2ccccc2O)cc1OCC12CC(CNC(=O)C3CC3CNC(=O)COc3ccc4c(c3)C(=O)N(C3CCC(=O)NC3=O)C4=O)(C1)C2. The highest BCUT2D eigenvalue weighted by Crippen LogP contribution is 2.73. The van der Waals surface area contributed by atoms with Gasteiger partial charge >= 0.3 is 0 Å². The second kappa shape index (κ2) is 12.9. The fraction of sp³-hybridized carbons (Fsp3) is 0.405. The van der Waals surface area contributed by atoms with Crippen molar-refractivity contribution >= 4 is 41.3 Å². The minimum Gasteiger partial charge on any atom is -0.507 e. The van der Waals surface area contributed by atoms with Crippen molar-refractivity contribution in [3.05, 3.63) is 59.7 Å². The van der Waals surface area contributed by atoms with Crippen LogP contribution in [0.5, 0.6) is 17.2 Å². The molecule has 1 aromatic heterocycles. The number of fused-ring (bicyclic) bond motifs is 1. The van der Waals surface area contributed by atoms with Crippen molar-refractivity contribution in [2.24, 2.45) is 22.7 Å². The molecule has 16 nitrogen and oxygen atoms in total. The van der Waals surface area contributed by atoms with Crippen LogP contribution in [0.2, 0.25) is 0 Å². The zero-order valence-electron chi connectivity index (χ0n) is 28.6. The Morgan fingerprint density at radius 3 is 2.49 bits per heavy atom. The van der Waals surface area contributed by atoms with Crippen molar-refractivity contribution in [3.63, 3.8) is 0 Å². The molecule has 0 spiro atoms. The summed E-state index contributed by atoms with van der Waals surface area (Å²) in [5, 5.41) is 26.3. The Morgan fingerprint density at radius 2 is 1.72 bits per heavy atom. The van der Waals surface area contributed by atoms with Crippen molar-refractivity contribution in [1.82, 2.24) is 31.0 Å². The highest BCUT2D eigenvalue weighted by atomic mass is 16.5. The van der Waals surface area contributed by atoms with Gasteiger partial charge in [0.1, 0.15) is 23.2 Å². The number of aromatic nitrogens is 2. The lowest BCUT2D eigenvalue weighted by atomic mass is 9.35. The van der Waals surface area contributed by atoms with Crippen LogP contribution < -0.4 is 31.2 Å². The van der Waals surface area contributed by atoms with Crippen LogP contribution in [0.25, 0.3) is 11.3 Å². The van der Waals surface area contributed by atoms with Gasteiger partial charge in [0.25, 0.3) is 17.7 Å². The summed E-state index contributed by atoms with van der Waals surface area (Å²) in [5.74, 6) is -2.13. The number of phenolic OH excluding ortho intramolecular Hbond substituents is 1. The third-order valence-corrected chi connectivity index (χ3v) is 11.0. The number of ether oxygens (including phenoxy) is 2. The van der Waals surface area contributed by atoms with Gasteiger partial charge in [0.15, 0.2) is 18.2 Å². The van der Waals surface area contributed by atoms with E-state index in [1.165, 1.54) is 18.2 Å². The second-order valence-corrected chi connectivity index (χ2v) is 14.9. The molecule has 2 aromatic carbocycles. The van der Waals surface area contributed by atoms with Crippen molar-refractivity contribution in [2.45, 2.75) is 44.6 Å². The number of phenols is 1. The van der Waals surface area contributed by atoms with Crippen LogP contribution in [0, 0.1) is 22.7 Å². The number of hydrogen-bond acceptors (Lipinski definition) is 12. The molecule has 6 N–H and O–H groups in total. The number of para-hydroxylation sites is 1. The lowest BCUT2D eigenvalue weighted by Gasteiger charge is -2.70. The maximum Gasteiger partial charge on any atom is 0.262 e. The largest absolute Gasteiger partial charge is 0.507 e. The average Bonchev–Trinajstić information content (AvgIpc) is 3.85. The van der Waals surface area contributed by atoms with Crippen LogP contribution >= 0.6 is 0 Å². The summed E-state index contributed by atoms with van der Waals surface area (Å²) >= 11 is 0. The van der Waals surface area contributed by atoms with E-state index in [1.807, 2.05) is 0 Å². The van der Waals surface area contributed by atoms with Gasteiger partial charge in [-0.05, 0) is 73.8 Å². The predicted octanol–water partition coefficient (Wildman–Crippen LogP) is 1.33. The number of nitrogens with two attached hydrogens (primary N) is 1. The van der Waals surface area contributed by atoms with E-state index in [1.54, 1.807) is 30.3 Å². The Balaban J connectivity index is 0.737. The molecule has 3 aromatic rings. The first-order chi connectivity index (χ1) is 25.4. The third kappa shape index (κ3) is 6.38. The molecule has 6 amide bonds. The van der Waals surface area contributed by atoms with Gasteiger partial charge in [-0.15, -0.1) is 10.2 Å². The Hall–Kier alpha value is -6.06. The molecule has 3 unspecified atom stereocenters. The minimum atomic E-state index is -1.07. The van der Waals surface area contributed by atoms with E-state index in [2.05, 4.69) is 26.1 Å². The van der Waals surface area contributed by atoms with Crippen molar-refractivity contribution in [3.8, 4) is 28.5 Å². The van der Waals surface area contributed by atoms with Crippen LogP contribution in [0.3, 0.4) is 0 Å². The number of nitrogens with one attached hydrogen (secondary N) is 3. The standard InChI is InChI=1S/C37H37N7O9/c38-31-28(11-25(42-43-31)22-3-1-2-4-27(22)45)53-18-37-14-36(15-37,16-37)17-40-32(48)23-9-19(23)12-39-30(47)13-52-20-5-6-21-24(10-20)35(51)44(34(21)50)26-7-8-29(46)41-33(26)49/h1-6,10-11,19,23,26,45H,7-9,12-18H2,(H2,38,43)(H,39,47)(H,40,48)(H,41,46,49). The minimum absolute atomic E-state index is 0.0210. The highest BCUT2D eigenvalue weighted by Gasteiger charge is 2.68. The smallest absolute Gasteiger partial charge is 0.262 e. The van der Waals surface area contributed by atoms with Gasteiger partial charge in [-0.2, -0.15) is 0 Å². The summed E-state index contributed by atoms with van der Waals surface area (Å²) in [7, 11) is 0. The molecule has 1 saturated heterocycles. The molecule has 6 aliphatic rings. The summed E-state index contributed by atoms with van der Waals surface area (Å²) in [6, 6.07) is 11.7. The van der Waals surface area contributed by atoms with Crippen LogP contribution in [0.1, 0.15) is 59.2 Å². The van der Waals surface area contributed by atoms with Gasteiger partial charge in [0.05, 0.1) is 17.7 Å². The maximum atomic E-state index is 13.0. The molecule has 5 fully saturated rings. The Kier molecular flexibility index (Phi) is 8.26. The number of amides is 6. The molecule has 274 valence electrons. The molecule has 3 heterocycles. The Bertz CT molecular complexity index is 2070. The van der Waals surface area contributed by atoms with Gasteiger partial charge in [0.2, 0.25) is 17.7 Å². The van der Waals surface area contributed by atoms with Gasteiger partial charge in [-0.25, -0.2) is 0 Å². The highest BCUT2D eigenvalue weighted by molar-refractivity contribution is 6.23. The first-order valence-electron chi connectivity index (χ1n) is 17.5. The molecule has 4 saturated carbocycles. The summed E-state index contributed by atoms with van der Waals surface area (Å²) in [6.45, 7) is 1.05. The van der Waals surface area contributed by atoms with E-state index in [4.69, 9.17) is 15.2 Å². The van der Waals surface area contributed by atoms with Crippen LogP contribution in [-0.4, -0.2) is 88.0 Å². The van der Waals surface area contributed by atoms with E-state index in [9.17, 15) is 33.9 Å². The number of hydrogen-bond donors (Lipinski definition) is 5. The molecule has 0 radical (unpaired) electrons. The maximum absolute atomic E-state index is 13.0. The van der Waals surface area contributed by atoms with Crippen molar-refractivity contribution in [2.75, 3.05) is 32.0 Å². The van der Waals surface area contributed by atoms with Crippen LogP contribution in [0.4, 0.5) is 5.82 Å². The topological polar surface area (TPSA) is 232 Å². The van der Waals surface area contributed by atoms with E-state index in [-0.39, 0.29) is 76.5 Å². The third-order valence-electron chi connectivity index (χ3n) is 11.0. The number of anilines is 1. The van der Waals surface area contributed by atoms with Crippen LogP contribution in [-0.2, 0) is 19.2 Å². The monoisotopic (exact) mass is 723 g/mol. The molecule has 4 aliphatic carbocycles. The van der Waals surface area contributed by atoms with Crippen molar-refractivity contribution in [1.29, 1.82) is 0 Å². The number of imide groups is 2. The molecule has 3 atom stereocenters. The fourth-order valence-electron chi connectivity index (χ4n) is 8.31. The van der Waals surface area contributed by atoms with Crippen LogP contribution in [0.15, 0.2) is 48.5 Å². The zero-order chi connectivity index (χ0) is 37.1. The van der Waals surface area contributed by atoms with E-state index >= 15 is 0 Å². The second-order valence-electron chi connectivity index (χ2n) is 14.9. The van der Waals surface area contributed by atoms with Gasteiger partial charge in [-0.3, -0.25) is 39.0 Å². The number of piperidine rings is 1. The first-order valence-corrected chi connectivity index (χ1v) is 17.5. The molecule has 2 aliphatic heterocycles. The predicted molar refractivity (Wildman–Crippen MR) is 184 cm³/mol. The summed E-state index contributed by atoms with van der Waals surface area (Å²) in [4.78, 5) is 75.9. The summed E-state index contributed by atoms with van der Waals surface area (Å²) < 4.78 is 11.6. The Morgan fingerprint density at radius 1 is 0.943 bits per heavy atom. The molecule has 2 bridgehead atoms. The van der Waals surface area contributed by atoms with Gasteiger partial charge in [0, 0.05) is 42.5 Å². The molecule has 53 heavy (non-hydrogen) atoms. The van der Waals surface area contributed by atoms with E-state index < -0.39 is 35.6 Å². The fourth-order valence-corrected chi connectivity index (χ4v) is 8.31. The first kappa shape index (κ1) is 34.0.